The highest BCUT2D eigenvalue weighted by Crippen LogP contribution is 2.11. The molecule has 1 rings (SSSR count). The van der Waals surface area contributed by atoms with E-state index in [1.807, 2.05) is 0 Å². The fourth-order valence-electron chi connectivity index (χ4n) is 1.54. The fraction of sp³-hybridized carbons (Fsp3) is 0.267. The minimum Gasteiger partial charge on any atom is -0.454 e. The van der Waals surface area contributed by atoms with E-state index >= 15 is 0 Å². The van der Waals surface area contributed by atoms with Gasteiger partial charge in [0.2, 0.25) is 6.10 Å². The summed E-state index contributed by atoms with van der Waals surface area (Å²) >= 11 is 0. The van der Waals surface area contributed by atoms with Crippen LogP contribution in [0.4, 0.5) is 0 Å². The van der Waals surface area contributed by atoms with E-state index in [1.54, 1.807) is 30.3 Å². The lowest BCUT2D eigenvalue weighted by molar-refractivity contribution is -0.170. The maximum atomic E-state index is 11.9. The van der Waals surface area contributed by atoms with Crippen molar-refractivity contribution >= 4 is 17.9 Å². The van der Waals surface area contributed by atoms with Crippen LogP contribution in [0.3, 0.4) is 0 Å². The molecule has 2 atom stereocenters. The summed E-state index contributed by atoms with van der Waals surface area (Å²) in [5.41, 5.74) is 0.322. The van der Waals surface area contributed by atoms with Gasteiger partial charge in [0.25, 0.3) is 0 Å². The second kappa shape index (κ2) is 7.84. The third-order valence-electron chi connectivity index (χ3n) is 2.45. The molecule has 0 amide bonds. The highest BCUT2D eigenvalue weighted by Gasteiger charge is 2.32. The van der Waals surface area contributed by atoms with Crippen LogP contribution in [0.1, 0.15) is 24.2 Å². The van der Waals surface area contributed by atoms with E-state index in [2.05, 4.69) is 11.3 Å². The van der Waals surface area contributed by atoms with Crippen molar-refractivity contribution in [2.75, 3.05) is 0 Å². The maximum absolute atomic E-state index is 11.9. The van der Waals surface area contributed by atoms with E-state index in [0.29, 0.717) is 5.56 Å². The molecule has 1 aromatic rings. The van der Waals surface area contributed by atoms with Crippen LogP contribution in [0, 0.1) is 0 Å². The molecule has 0 saturated carbocycles. The predicted octanol–water partition coefficient (Wildman–Crippen LogP) is 1.85. The molecule has 0 saturated heterocycles. The van der Waals surface area contributed by atoms with E-state index in [-0.39, 0.29) is 0 Å². The first kappa shape index (κ1) is 16.4. The van der Waals surface area contributed by atoms with Gasteiger partial charge in [-0.1, -0.05) is 24.8 Å². The minimum atomic E-state index is -1.35. The lowest BCUT2D eigenvalue weighted by Gasteiger charge is -2.21. The fourth-order valence-corrected chi connectivity index (χ4v) is 1.54. The average Bonchev–Trinajstić information content (AvgIpc) is 2.45. The molecule has 0 fully saturated rings. The largest absolute Gasteiger partial charge is 0.454 e. The molecule has 0 N–H and O–H groups in total. The van der Waals surface area contributed by atoms with Gasteiger partial charge in [-0.05, 0) is 19.1 Å². The molecule has 112 valence electrons. The zero-order valence-electron chi connectivity index (χ0n) is 11.8. The molecule has 0 aliphatic carbocycles. The first-order valence-corrected chi connectivity index (χ1v) is 6.20. The number of hydrogen-bond donors (Lipinski definition) is 0. The standard InChI is InChI=1S/C15H16O6/c1-4-19-15(18)13(21-11(3)16)10(2)20-14(17)12-8-6-5-7-9-12/h4-10,13H,1H2,2-3H3. The Balaban J connectivity index is 2.78. The second-order valence-electron chi connectivity index (χ2n) is 4.11. The monoisotopic (exact) mass is 292 g/mol. The number of carbonyl (C=O) groups is 3. The molecule has 0 aliphatic heterocycles. The highest BCUT2D eigenvalue weighted by molar-refractivity contribution is 5.90. The number of carbonyl (C=O) groups excluding carboxylic acids is 3. The molecule has 6 nitrogen and oxygen atoms in total. The Hall–Kier alpha value is -2.63. The Kier molecular flexibility index (Phi) is 6.13. The van der Waals surface area contributed by atoms with Gasteiger partial charge in [0.15, 0.2) is 0 Å². The molecule has 0 heterocycles. The summed E-state index contributed by atoms with van der Waals surface area (Å²) < 4.78 is 14.5. The summed E-state index contributed by atoms with van der Waals surface area (Å²) in [4.78, 5) is 34.6. The molecule has 21 heavy (non-hydrogen) atoms. The topological polar surface area (TPSA) is 78.9 Å². The van der Waals surface area contributed by atoms with Crippen molar-refractivity contribution in [3.8, 4) is 0 Å². The Morgan fingerprint density at radius 2 is 1.76 bits per heavy atom. The zero-order chi connectivity index (χ0) is 15.8. The van der Waals surface area contributed by atoms with Crippen LogP contribution in [0.25, 0.3) is 0 Å². The second-order valence-corrected chi connectivity index (χ2v) is 4.11. The number of rotatable bonds is 6. The van der Waals surface area contributed by atoms with Crippen LogP contribution in [0.15, 0.2) is 43.2 Å². The smallest absolute Gasteiger partial charge is 0.356 e. The van der Waals surface area contributed by atoms with Gasteiger partial charge in [-0.2, -0.15) is 0 Å². The lowest BCUT2D eigenvalue weighted by Crippen LogP contribution is -2.39. The molecular weight excluding hydrogens is 276 g/mol. The van der Waals surface area contributed by atoms with Crippen molar-refractivity contribution in [1.29, 1.82) is 0 Å². The van der Waals surface area contributed by atoms with Gasteiger partial charge in [-0.25, -0.2) is 9.59 Å². The SMILES string of the molecule is C=COC(=O)C(OC(C)=O)C(C)OC(=O)c1ccccc1. The van der Waals surface area contributed by atoms with Gasteiger partial charge in [-0.3, -0.25) is 4.79 Å². The van der Waals surface area contributed by atoms with Crippen molar-refractivity contribution in [2.45, 2.75) is 26.1 Å². The predicted molar refractivity (Wildman–Crippen MR) is 73.2 cm³/mol. The Bertz CT molecular complexity index is 522. The highest BCUT2D eigenvalue weighted by atomic mass is 16.6. The first-order valence-electron chi connectivity index (χ1n) is 6.20. The molecule has 2 unspecified atom stereocenters. The normalized spacial score (nSPS) is 12.7. The maximum Gasteiger partial charge on any atom is 0.356 e. The van der Waals surface area contributed by atoms with Crippen molar-refractivity contribution in [3.63, 3.8) is 0 Å². The van der Waals surface area contributed by atoms with Crippen molar-refractivity contribution in [1.82, 2.24) is 0 Å². The summed E-state index contributed by atoms with van der Waals surface area (Å²) in [5, 5.41) is 0. The van der Waals surface area contributed by atoms with Gasteiger partial charge >= 0.3 is 17.9 Å². The van der Waals surface area contributed by atoms with E-state index in [0.717, 1.165) is 13.2 Å². The van der Waals surface area contributed by atoms with Crippen LogP contribution in [-0.2, 0) is 23.8 Å². The number of esters is 3. The molecule has 0 spiro atoms. The number of ether oxygens (including phenoxy) is 3. The van der Waals surface area contributed by atoms with Crippen molar-refractivity contribution in [3.05, 3.63) is 48.7 Å². The third-order valence-corrected chi connectivity index (χ3v) is 2.45. The van der Waals surface area contributed by atoms with Crippen LogP contribution in [-0.4, -0.2) is 30.1 Å². The molecular formula is C15H16O6. The van der Waals surface area contributed by atoms with E-state index in [9.17, 15) is 14.4 Å². The summed E-state index contributed by atoms with van der Waals surface area (Å²) in [7, 11) is 0. The summed E-state index contributed by atoms with van der Waals surface area (Å²) in [6, 6.07) is 8.24. The summed E-state index contributed by atoms with van der Waals surface area (Å²) in [6.07, 6.45) is -1.45. The average molecular weight is 292 g/mol. The minimum absolute atomic E-state index is 0.322. The van der Waals surface area contributed by atoms with Gasteiger partial charge in [0, 0.05) is 6.92 Å². The van der Waals surface area contributed by atoms with E-state index in [1.165, 1.54) is 6.92 Å². The first-order chi connectivity index (χ1) is 9.95. The van der Waals surface area contributed by atoms with Gasteiger partial charge in [0.05, 0.1) is 11.8 Å². The van der Waals surface area contributed by atoms with Crippen LogP contribution >= 0.6 is 0 Å². The van der Waals surface area contributed by atoms with Gasteiger partial charge in [-0.15, -0.1) is 0 Å². The zero-order valence-corrected chi connectivity index (χ0v) is 11.8. The van der Waals surface area contributed by atoms with E-state index < -0.39 is 30.1 Å². The van der Waals surface area contributed by atoms with Crippen LogP contribution < -0.4 is 0 Å². The van der Waals surface area contributed by atoms with Gasteiger partial charge < -0.3 is 14.2 Å². The Labute approximate surface area is 122 Å². The van der Waals surface area contributed by atoms with Crippen LogP contribution in [0.2, 0.25) is 0 Å². The van der Waals surface area contributed by atoms with Crippen molar-refractivity contribution in [2.24, 2.45) is 0 Å². The molecule has 0 bridgehead atoms. The van der Waals surface area contributed by atoms with E-state index in [4.69, 9.17) is 9.47 Å². The van der Waals surface area contributed by atoms with Crippen molar-refractivity contribution < 1.29 is 28.6 Å². The molecule has 1 aromatic carbocycles. The molecule has 0 radical (unpaired) electrons. The van der Waals surface area contributed by atoms with Crippen LogP contribution in [0.5, 0.6) is 0 Å². The van der Waals surface area contributed by atoms with Gasteiger partial charge in [0.1, 0.15) is 6.10 Å². The quantitative estimate of drug-likeness (QED) is 0.452. The number of hydrogen-bond acceptors (Lipinski definition) is 6. The summed E-state index contributed by atoms with van der Waals surface area (Å²) in [5.74, 6) is -2.19. The third kappa shape index (κ3) is 5.10. The number of benzene rings is 1. The molecule has 6 heteroatoms. The lowest BCUT2D eigenvalue weighted by atomic mass is 10.2. The molecule has 0 aromatic heterocycles. The Morgan fingerprint density at radius 3 is 2.29 bits per heavy atom. The summed E-state index contributed by atoms with van der Waals surface area (Å²) in [6.45, 7) is 5.81. The Morgan fingerprint density at radius 1 is 1.14 bits per heavy atom. The molecule has 0 aliphatic rings.